The molecule has 32 N–H and O–H groups in total. The number of aliphatic imine (C=N–C) groups is 18. The van der Waals surface area contributed by atoms with Crippen molar-refractivity contribution in [2.24, 2.45) is 107 Å². The monoisotopic (exact) mass is 1950 g/mol. The van der Waals surface area contributed by atoms with E-state index in [9.17, 15) is 182 Å². The lowest BCUT2D eigenvalue weighted by Crippen LogP contribution is -2.37. The summed E-state index contributed by atoms with van der Waals surface area (Å²) in [6.07, 6.45) is -4.77. The summed E-state index contributed by atoms with van der Waals surface area (Å²) in [6.45, 7) is 0.111. The van der Waals surface area contributed by atoms with Crippen molar-refractivity contribution in [3.63, 3.8) is 0 Å². The van der Waals surface area contributed by atoms with E-state index in [1.54, 1.807) is 20.1 Å². The number of thioether (sulfide) groups is 1. The number of carbonyl (C=O) groups is 7. The van der Waals surface area contributed by atoms with Gasteiger partial charge in [-0.2, -0.15) is 11.8 Å². The first kappa shape index (κ1) is 117. The second-order valence-corrected chi connectivity index (χ2v) is 30.9. The number of benzene rings is 1. The van der Waals surface area contributed by atoms with Crippen LogP contribution < -0.4 is 5.73 Å². The van der Waals surface area contributed by atoms with Crippen molar-refractivity contribution in [1.82, 2.24) is 9.97 Å². The van der Waals surface area contributed by atoms with Crippen LogP contribution in [0.3, 0.4) is 0 Å². The molecule has 2 aromatic rings. The molecule has 1 aromatic carbocycles. The fourth-order valence-electron chi connectivity index (χ4n) is 11.0. The number of hydrogen-bond acceptors (Lipinski definition) is 32. The fourth-order valence-corrected chi connectivity index (χ4v) is 11.5. The minimum absolute atomic E-state index is 0.122. The first-order valence-electron chi connectivity index (χ1n) is 40.8. The van der Waals surface area contributed by atoms with Crippen LogP contribution in [0.25, 0.3) is 0 Å². The van der Waals surface area contributed by atoms with Gasteiger partial charge in [0.05, 0.1) is 45.4 Å². The number of carboxylic acid groups (broad SMARTS) is 7. The number of nitrogens with one attached hydrogen (secondary N) is 1. The Balaban J connectivity index is 2.58. The van der Waals surface area contributed by atoms with E-state index in [0.29, 0.717) is 5.56 Å². The number of rotatable bonds is 65. The van der Waals surface area contributed by atoms with Crippen molar-refractivity contribution in [3.8, 4) is 5.75 Å². The molecule has 0 saturated heterocycles. The number of phenols is 1. The quantitative estimate of drug-likeness (QED) is 0.0333. The lowest BCUT2D eigenvalue weighted by atomic mass is 10.0. The Bertz CT molecular complexity index is 4870. The van der Waals surface area contributed by atoms with E-state index in [1.165, 1.54) is 62.4 Å². The van der Waals surface area contributed by atoms with Crippen LogP contribution in [-0.2, 0) is 46.4 Å². The molecule has 15 unspecified atom stereocenters. The number of aromatic nitrogens is 2. The van der Waals surface area contributed by atoms with Crippen LogP contribution in [0.15, 0.2) is 127 Å². The van der Waals surface area contributed by atoms with Crippen LogP contribution in [0.4, 0.5) is 0 Å². The number of imidazole rings is 1. The zero-order valence-electron chi connectivity index (χ0n) is 73.9. The van der Waals surface area contributed by atoms with Gasteiger partial charge in [0.25, 0.3) is 0 Å². The highest BCUT2D eigenvalue weighted by molar-refractivity contribution is 7.98. The Morgan fingerprint density at radius 3 is 1.10 bits per heavy atom. The van der Waals surface area contributed by atoms with E-state index < -0.39 is 355 Å². The number of aromatic hydroxyl groups is 1. The van der Waals surface area contributed by atoms with Crippen molar-refractivity contribution in [3.05, 3.63) is 48.0 Å². The highest BCUT2D eigenvalue weighted by atomic mass is 32.2. The van der Waals surface area contributed by atoms with Crippen LogP contribution in [0.5, 0.6) is 5.75 Å². The molecule has 754 valence electrons. The first-order valence-corrected chi connectivity index (χ1v) is 42.2. The maximum Gasteiger partial charge on any atom is 0.328 e. The average molecular weight is 1950 g/mol. The molecular weight excluding hydrogens is 1840 g/mol. The molecule has 0 radical (unpaired) electrons. The van der Waals surface area contributed by atoms with E-state index in [0.717, 1.165) is 6.92 Å². The van der Waals surface area contributed by atoms with Gasteiger partial charge in [-0.05, 0) is 80.6 Å². The highest BCUT2D eigenvalue weighted by Gasteiger charge is 2.34. The standard InChI is InChI=1S/C78H115N21O36S/c1-34(2)19-45(71(127)96-50(78(134)135)20-37-7-9-39(103)10-8-37)94-74(130)49(24-62(118)119)95-69(125)42(12-15-58(110)111)91-72(128)46(21-38-25-80-33-85-38)88-54(105)27-83-67(123)44(17-18-136-6)93-76(132)52(32-102)98-73(129)48(23-61(116)117)90-56(107)29-84-68(124)47(22-60(114)115)89-55(106)28-82-66(122)41(11-14-57(108)109)87-53(104)26-81-64(120)36(5)86-77(133)63(35(3)4)99-70(126)43(13-16-59(112)113)92-75(131)51(31-101)97-65(121)40(79)30-100/h7-10,25,33-36,40-52,63,100-103H,11-24,26-32,79H2,1-6H3,(H,80,85)(H,81,120)(H,82,122)(H,83,123)(H,84,124)(H,86,133)(H,87,104)(H,88,105)(H,89,106)(H,90,107)(H,91,128)(H,92,131)(H,93,132)(H,94,130)(H,95,125)(H,96,127)(H,97,121)(H,98,129)(H,99,126)(H,108,109)(H,110,111)(H,112,113)(H,114,115)(H,116,117)(H,118,119)(H,134,135). The lowest BCUT2D eigenvalue weighted by Gasteiger charge is -2.19. The molecule has 0 aliphatic carbocycles. The molecule has 58 heteroatoms. The maximum atomic E-state index is 12.3. The molecule has 0 aliphatic rings. The molecule has 1 heterocycles. The fraction of sp³-hybridized carbons (Fsp3) is 0.564. The van der Waals surface area contributed by atoms with Gasteiger partial charge in [0.1, 0.15) is 104 Å². The number of hydrogen-bond donors (Lipinski definition) is 31. The summed E-state index contributed by atoms with van der Waals surface area (Å²) in [5, 5.41) is 305. The predicted molar refractivity (Wildman–Crippen MR) is 495 cm³/mol. The Morgan fingerprint density at radius 2 is 0.699 bits per heavy atom. The van der Waals surface area contributed by atoms with E-state index in [1.807, 2.05) is 0 Å². The van der Waals surface area contributed by atoms with Crippen LogP contribution >= 0.6 is 11.8 Å². The van der Waals surface area contributed by atoms with Crippen LogP contribution in [-0.4, -0.2) is 455 Å². The van der Waals surface area contributed by atoms with Crippen LogP contribution in [0.1, 0.15) is 117 Å². The molecule has 0 aliphatic heterocycles. The molecule has 57 nitrogen and oxygen atoms in total. The number of nitrogens with zero attached hydrogens (tertiary/aromatic N) is 19. The van der Waals surface area contributed by atoms with Crippen LogP contribution in [0, 0.1) is 11.8 Å². The number of phenolic OH excluding ortho intramolecular Hbond substituents is 1. The number of aliphatic carboxylic acids is 7. The molecule has 136 heavy (non-hydrogen) atoms. The van der Waals surface area contributed by atoms with E-state index in [2.05, 4.69) is 99.8 Å². The molecule has 2 rings (SSSR count). The molecule has 0 fully saturated rings. The summed E-state index contributed by atoms with van der Waals surface area (Å²) in [7, 11) is 0. The van der Waals surface area contributed by atoms with E-state index in [4.69, 9.17) is 5.73 Å². The summed E-state index contributed by atoms with van der Waals surface area (Å²) in [4.78, 5) is 158. The van der Waals surface area contributed by atoms with Crippen LogP contribution in [0.2, 0.25) is 0 Å². The third-order valence-electron chi connectivity index (χ3n) is 18.0. The summed E-state index contributed by atoms with van der Waals surface area (Å²) in [5.41, 5.74) is 6.06. The number of nitrogens with two attached hydrogens (primary N) is 1. The second kappa shape index (κ2) is 60.3. The number of carboxylic acids is 7. The normalized spacial score (nSPS) is 17.7. The highest BCUT2D eigenvalue weighted by Crippen LogP contribution is 2.21. The molecule has 0 saturated carbocycles. The van der Waals surface area contributed by atoms with Gasteiger partial charge in [-0.3, -0.25) is 28.8 Å². The molecule has 1 aromatic heterocycles. The third kappa shape index (κ3) is 45.5. The molecule has 15 atom stereocenters. The molecule has 0 spiro atoms. The number of aliphatic hydroxyl groups is 21. The third-order valence-corrected chi connectivity index (χ3v) is 18.6. The van der Waals surface area contributed by atoms with Gasteiger partial charge in [0.15, 0.2) is 18.1 Å². The maximum absolute atomic E-state index is 12.3. The van der Waals surface area contributed by atoms with Crippen molar-refractivity contribution >= 4 is 160 Å². The minimum atomic E-state index is -2.14. The van der Waals surface area contributed by atoms with Crippen molar-refractivity contribution < 1.29 is 182 Å². The SMILES string of the molecule is CSCCC(N=C(O)C(CO)N=C(O)C(CC(=O)O)N=C(O)CN=C(O)C(CC(=O)O)N=C(O)CN=C(O)C(CCC(=O)O)N=C(O)CN=C(O)C(C)N=C(O)C(N=C(O)C(CCC(=O)O)N=C(O)C(CO)N=C(O)C(N)CO)C(C)C)C(O)=NCC(O)=NC(Cc1cnc[nH]1)C(O)=NC(CCC(=O)O)C(O)=NC(CC(=O)O)C(O)=NC(CC(C)C)C(O)=NC(Cc1ccc(O)cc1)C(=O)O. The molecule has 0 bridgehead atoms. The number of aromatic amines is 1. The van der Waals surface area contributed by atoms with Gasteiger partial charge in [0.2, 0.25) is 106 Å². The Morgan fingerprint density at radius 1 is 0.360 bits per heavy atom. The molecule has 0 amide bonds. The lowest BCUT2D eigenvalue weighted by molar-refractivity contribution is -0.139. The number of H-pyrrole nitrogens is 1. The van der Waals surface area contributed by atoms with Gasteiger partial charge < -0.3 is 159 Å². The van der Waals surface area contributed by atoms with Crippen molar-refractivity contribution in [2.45, 2.75) is 209 Å². The Kier molecular flexibility index (Phi) is 52.0. The van der Waals surface area contributed by atoms with Gasteiger partial charge in [0, 0.05) is 44.0 Å². The average Bonchev–Trinajstić information content (AvgIpc) is 0.874. The zero-order chi connectivity index (χ0) is 103. The van der Waals surface area contributed by atoms with Gasteiger partial charge in [-0.15, -0.1) is 0 Å². The van der Waals surface area contributed by atoms with E-state index >= 15 is 0 Å². The summed E-state index contributed by atoms with van der Waals surface area (Å²) in [5.74, 6) is -31.6. The Labute approximate surface area is 776 Å². The largest absolute Gasteiger partial charge is 0.508 e. The predicted octanol–water partition coefficient (Wildman–Crippen LogP) is 2.16. The van der Waals surface area contributed by atoms with E-state index in [-0.39, 0.29) is 42.4 Å². The molecular formula is C78H115N21O36S. The van der Waals surface area contributed by atoms with Gasteiger partial charge in [-0.1, -0.05) is 39.8 Å². The summed E-state index contributed by atoms with van der Waals surface area (Å²) in [6, 6.07) is -21.0. The summed E-state index contributed by atoms with van der Waals surface area (Å²) >= 11 is 1.17. The van der Waals surface area contributed by atoms with Gasteiger partial charge in [-0.25, -0.2) is 99.6 Å². The van der Waals surface area contributed by atoms with Crippen molar-refractivity contribution in [1.29, 1.82) is 0 Å². The van der Waals surface area contributed by atoms with Crippen molar-refractivity contribution in [2.75, 3.05) is 58.0 Å². The number of aliphatic hydroxyl groups excluding tert-OH is 21. The topological polar surface area (TPSA) is 983 Å². The second-order valence-electron chi connectivity index (χ2n) is 30.0. The van der Waals surface area contributed by atoms with Gasteiger partial charge >= 0.3 is 41.8 Å². The zero-order valence-corrected chi connectivity index (χ0v) is 74.8. The smallest absolute Gasteiger partial charge is 0.328 e. The minimum Gasteiger partial charge on any atom is -0.508 e. The summed E-state index contributed by atoms with van der Waals surface area (Å²) < 4.78 is 0. The Hall–Kier alpha value is -14.8. The first-order chi connectivity index (χ1) is 63.8.